The van der Waals surface area contributed by atoms with E-state index in [4.69, 9.17) is 0 Å². The summed E-state index contributed by atoms with van der Waals surface area (Å²) in [6, 6.07) is 6.57. The summed E-state index contributed by atoms with van der Waals surface area (Å²) >= 11 is 0. The second-order valence-electron chi connectivity index (χ2n) is 4.79. The molecule has 0 bridgehead atoms. The topological polar surface area (TPSA) is 17.1 Å². The Morgan fingerprint density at radius 3 is 2.60 bits per heavy atom. The molecular formula is C14H18O. The Morgan fingerprint density at radius 1 is 1.20 bits per heavy atom. The number of carbonyl (C=O) groups is 1. The summed E-state index contributed by atoms with van der Waals surface area (Å²) in [5.74, 6) is 0.456. The van der Waals surface area contributed by atoms with Gasteiger partial charge in [-0.25, -0.2) is 0 Å². The number of hydrogen-bond acceptors (Lipinski definition) is 1. The van der Waals surface area contributed by atoms with Crippen LogP contribution in [0.25, 0.3) is 0 Å². The fraction of sp³-hybridized carbons (Fsp3) is 0.500. The highest BCUT2D eigenvalue weighted by Gasteiger charge is 2.17. The molecule has 0 amide bonds. The predicted octanol–water partition coefficient (Wildman–Crippen LogP) is 3.11. The Bertz CT molecular complexity index is 366. The minimum atomic E-state index is 0.0656. The van der Waals surface area contributed by atoms with Gasteiger partial charge >= 0.3 is 0 Å². The van der Waals surface area contributed by atoms with Crippen molar-refractivity contribution in [3.8, 4) is 0 Å². The Kier molecular flexibility index (Phi) is 2.90. The lowest BCUT2D eigenvalue weighted by molar-refractivity contribution is -0.109. The minimum absolute atomic E-state index is 0.0656. The second-order valence-corrected chi connectivity index (χ2v) is 4.79. The van der Waals surface area contributed by atoms with Gasteiger partial charge in [-0.2, -0.15) is 0 Å². The largest absolute Gasteiger partial charge is 0.303 e. The van der Waals surface area contributed by atoms with Crippen LogP contribution in [0, 0.1) is 5.92 Å². The molecule has 1 aliphatic carbocycles. The smallest absolute Gasteiger partial charge is 0.127 e. The molecule has 0 radical (unpaired) electrons. The van der Waals surface area contributed by atoms with Crippen molar-refractivity contribution in [3.63, 3.8) is 0 Å². The number of benzene rings is 1. The van der Waals surface area contributed by atoms with Crippen molar-refractivity contribution in [2.24, 2.45) is 5.92 Å². The summed E-state index contributed by atoms with van der Waals surface area (Å²) in [7, 11) is 0. The first-order chi connectivity index (χ1) is 7.22. The van der Waals surface area contributed by atoms with Crippen molar-refractivity contribution < 1.29 is 4.79 Å². The Balaban J connectivity index is 2.32. The number of carbonyl (C=O) groups excluding carboxylic acids is 1. The molecule has 0 saturated heterocycles. The lowest BCUT2D eigenvalue weighted by Gasteiger charge is -2.15. The van der Waals surface area contributed by atoms with Crippen molar-refractivity contribution in [3.05, 3.63) is 34.9 Å². The molecule has 0 aromatic heterocycles. The molecule has 1 heteroatoms. The van der Waals surface area contributed by atoms with E-state index in [1.54, 1.807) is 0 Å². The second kappa shape index (κ2) is 4.18. The highest BCUT2D eigenvalue weighted by atomic mass is 16.1. The third kappa shape index (κ3) is 1.97. The van der Waals surface area contributed by atoms with Gasteiger partial charge in [-0.1, -0.05) is 32.0 Å². The molecule has 0 N–H and O–H groups in total. The van der Waals surface area contributed by atoms with Crippen LogP contribution in [0.15, 0.2) is 18.2 Å². The first-order valence-electron chi connectivity index (χ1n) is 5.79. The molecule has 0 spiro atoms. The minimum Gasteiger partial charge on any atom is -0.303 e. The summed E-state index contributed by atoms with van der Waals surface area (Å²) in [5.41, 5.74) is 4.13. The molecule has 1 aromatic rings. The summed E-state index contributed by atoms with van der Waals surface area (Å²) in [5, 5.41) is 0. The molecule has 0 saturated carbocycles. The number of hydrogen-bond donors (Lipinski definition) is 0. The molecule has 15 heavy (non-hydrogen) atoms. The average molecular weight is 202 g/mol. The highest BCUT2D eigenvalue weighted by Crippen LogP contribution is 2.28. The van der Waals surface area contributed by atoms with Crippen LogP contribution in [-0.4, -0.2) is 6.29 Å². The van der Waals surface area contributed by atoms with E-state index >= 15 is 0 Å². The molecule has 2 rings (SSSR count). The van der Waals surface area contributed by atoms with Crippen LogP contribution in [-0.2, 0) is 17.6 Å². The highest BCUT2D eigenvalue weighted by molar-refractivity contribution is 5.63. The zero-order valence-electron chi connectivity index (χ0n) is 9.49. The number of rotatable bonds is 3. The zero-order valence-corrected chi connectivity index (χ0v) is 9.49. The SMILES string of the molecule is CC(C)C(C=O)c1ccc2c(c1)CCC2. The predicted molar refractivity (Wildman–Crippen MR) is 62.1 cm³/mol. The van der Waals surface area contributed by atoms with E-state index in [-0.39, 0.29) is 5.92 Å². The number of fused-ring (bicyclic) bond motifs is 1. The van der Waals surface area contributed by atoms with Crippen LogP contribution >= 0.6 is 0 Å². The fourth-order valence-electron chi connectivity index (χ4n) is 2.42. The fourth-order valence-corrected chi connectivity index (χ4v) is 2.42. The standard InChI is InChI=1S/C14H18O/c1-10(2)14(9-15)13-7-6-11-4-3-5-12(11)8-13/h6-10,14H,3-5H2,1-2H3. The molecule has 0 aliphatic heterocycles. The third-order valence-electron chi connectivity index (χ3n) is 3.37. The van der Waals surface area contributed by atoms with E-state index in [0.29, 0.717) is 5.92 Å². The maximum atomic E-state index is 11.0. The van der Waals surface area contributed by atoms with Crippen molar-refractivity contribution >= 4 is 6.29 Å². The Hall–Kier alpha value is -1.11. The van der Waals surface area contributed by atoms with E-state index in [1.165, 1.54) is 36.0 Å². The lowest BCUT2D eigenvalue weighted by Crippen LogP contribution is -2.08. The Morgan fingerprint density at radius 2 is 1.93 bits per heavy atom. The zero-order chi connectivity index (χ0) is 10.8. The molecule has 1 unspecified atom stereocenters. The molecule has 1 aliphatic rings. The lowest BCUT2D eigenvalue weighted by atomic mass is 9.88. The quantitative estimate of drug-likeness (QED) is 0.688. The first-order valence-corrected chi connectivity index (χ1v) is 5.79. The van der Waals surface area contributed by atoms with Gasteiger partial charge in [0.25, 0.3) is 0 Å². The molecule has 80 valence electrons. The molecule has 1 nitrogen and oxygen atoms in total. The van der Waals surface area contributed by atoms with E-state index in [2.05, 4.69) is 32.0 Å². The Labute approximate surface area is 91.5 Å². The molecular weight excluding hydrogens is 184 g/mol. The van der Waals surface area contributed by atoms with E-state index < -0.39 is 0 Å². The van der Waals surface area contributed by atoms with Crippen molar-refractivity contribution in [1.82, 2.24) is 0 Å². The van der Waals surface area contributed by atoms with Gasteiger partial charge in [-0.15, -0.1) is 0 Å². The molecule has 1 aromatic carbocycles. The van der Waals surface area contributed by atoms with Crippen LogP contribution < -0.4 is 0 Å². The maximum Gasteiger partial charge on any atom is 0.127 e. The summed E-state index contributed by atoms with van der Waals surface area (Å²) in [6.07, 6.45) is 4.75. The normalized spacial score (nSPS) is 16.5. The average Bonchev–Trinajstić information content (AvgIpc) is 2.65. The van der Waals surface area contributed by atoms with Gasteiger partial charge in [0.15, 0.2) is 0 Å². The van der Waals surface area contributed by atoms with Gasteiger partial charge in [0.05, 0.1) is 0 Å². The summed E-state index contributed by atoms with van der Waals surface area (Å²) in [4.78, 5) is 11.0. The van der Waals surface area contributed by atoms with Gasteiger partial charge in [0, 0.05) is 5.92 Å². The maximum absolute atomic E-state index is 11.0. The van der Waals surface area contributed by atoms with Crippen LogP contribution in [0.5, 0.6) is 0 Å². The van der Waals surface area contributed by atoms with Gasteiger partial charge in [-0.05, 0) is 41.9 Å². The molecule has 0 fully saturated rings. The van der Waals surface area contributed by atoms with E-state index in [1.807, 2.05) is 0 Å². The van der Waals surface area contributed by atoms with Gasteiger partial charge < -0.3 is 4.79 Å². The van der Waals surface area contributed by atoms with Crippen LogP contribution in [0.4, 0.5) is 0 Å². The monoisotopic (exact) mass is 202 g/mol. The van der Waals surface area contributed by atoms with Crippen LogP contribution in [0.2, 0.25) is 0 Å². The van der Waals surface area contributed by atoms with Gasteiger partial charge in [0.2, 0.25) is 0 Å². The first kappa shape index (κ1) is 10.4. The summed E-state index contributed by atoms with van der Waals surface area (Å²) < 4.78 is 0. The number of aryl methyl sites for hydroxylation is 2. The molecule has 0 heterocycles. The van der Waals surface area contributed by atoms with Gasteiger partial charge in [-0.3, -0.25) is 0 Å². The van der Waals surface area contributed by atoms with Gasteiger partial charge in [0.1, 0.15) is 6.29 Å². The van der Waals surface area contributed by atoms with Crippen molar-refractivity contribution in [2.75, 3.05) is 0 Å². The number of aldehydes is 1. The van der Waals surface area contributed by atoms with Crippen LogP contribution in [0.1, 0.15) is 42.9 Å². The van der Waals surface area contributed by atoms with E-state index in [9.17, 15) is 4.79 Å². The van der Waals surface area contributed by atoms with Crippen molar-refractivity contribution in [2.45, 2.75) is 39.0 Å². The van der Waals surface area contributed by atoms with Crippen molar-refractivity contribution in [1.29, 1.82) is 0 Å². The van der Waals surface area contributed by atoms with E-state index in [0.717, 1.165) is 6.29 Å². The molecule has 1 atom stereocenters. The third-order valence-corrected chi connectivity index (χ3v) is 3.37. The van der Waals surface area contributed by atoms with Crippen LogP contribution in [0.3, 0.4) is 0 Å². The summed E-state index contributed by atoms with van der Waals surface area (Å²) in [6.45, 7) is 4.21.